The zero-order valence-electron chi connectivity index (χ0n) is 11.5. The number of halogens is 2. The second kappa shape index (κ2) is 6.67. The Morgan fingerprint density at radius 1 is 1.14 bits per heavy atom. The maximum Gasteiger partial charge on any atom is 0.0995 e. The van der Waals surface area contributed by atoms with Gasteiger partial charge in [-0.1, -0.05) is 48.3 Å². The maximum atomic E-state index is 6.37. The van der Waals surface area contributed by atoms with Crippen molar-refractivity contribution in [2.75, 3.05) is 6.54 Å². The van der Waals surface area contributed by atoms with Crippen LogP contribution in [-0.2, 0) is 0 Å². The quantitative estimate of drug-likeness (QED) is 0.561. The van der Waals surface area contributed by atoms with E-state index in [0.29, 0.717) is 0 Å². The Morgan fingerprint density at radius 3 is 2.62 bits per heavy atom. The molecule has 21 heavy (non-hydrogen) atoms. The molecular weight excluding hydrogens is 341 g/mol. The van der Waals surface area contributed by atoms with Crippen LogP contribution in [-0.4, -0.2) is 6.54 Å². The number of fused-ring (bicyclic) bond motifs is 1. The number of rotatable bonds is 5. The van der Waals surface area contributed by atoms with Crippen LogP contribution < -0.4 is 5.32 Å². The summed E-state index contributed by atoms with van der Waals surface area (Å²) in [4.78, 5) is 1.28. The van der Waals surface area contributed by atoms with Crippen molar-refractivity contribution in [3.8, 4) is 0 Å². The lowest BCUT2D eigenvalue weighted by atomic mass is 10.1. The van der Waals surface area contributed by atoms with E-state index in [0.717, 1.165) is 27.2 Å². The van der Waals surface area contributed by atoms with Crippen LogP contribution in [0.1, 0.15) is 29.8 Å². The molecule has 0 radical (unpaired) electrons. The second-order valence-corrected chi connectivity index (χ2v) is 8.25. The molecule has 5 heteroatoms. The van der Waals surface area contributed by atoms with E-state index in [-0.39, 0.29) is 6.04 Å². The molecule has 0 saturated carbocycles. The first-order chi connectivity index (χ1) is 10.2. The van der Waals surface area contributed by atoms with Gasteiger partial charge in [0.25, 0.3) is 0 Å². The van der Waals surface area contributed by atoms with Crippen LogP contribution in [0.2, 0.25) is 8.67 Å². The van der Waals surface area contributed by atoms with Crippen molar-refractivity contribution in [2.45, 2.75) is 19.4 Å². The zero-order chi connectivity index (χ0) is 14.8. The topological polar surface area (TPSA) is 12.0 Å². The van der Waals surface area contributed by atoms with Crippen molar-refractivity contribution in [3.05, 3.63) is 55.5 Å². The van der Waals surface area contributed by atoms with E-state index in [2.05, 4.69) is 42.6 Å². The van der Waals surface area contributed by atoms with E-state index in [1.807, 2.05) is 17.4 Å². The second-order valence-electron chi connectivity index (χ2n) is 4.85. The minimum Gasteiger partial charge on any atom is -0.306 e. The van der Waals surface area contributed by atoms with E-state index in [1.165, 1.54) is 26.3 Å². The molecule has 0 aliphatic rings. The van der Waals surface area contributed by atoms with Gasteiger partial charge >= 0.3 is 0 Å². The molecule has 0 aliphatic carbocycles. The van der Waals surface area contributed by atoms with Gasteiger partial charge in [0.2, 0.25) is 0 Å². The molecule has 0 bridgehead atoms. The van der Waals surface area contributed by atoms with Crippen molar-refractivity contribution >= 4 is 56.0 Å². The van der Waals surface area contributed by atoms with Crippen molar-refractivity contribution in [1.29, 1.82) is 0 Å². The molecule has 1 unspecified atom stereocenters. The minimum atomic E-state index is 0.110. The maximum absolute atomic E-state index is 6.37. The van der Waals surface area contributed by atoms with Crippen molar-refractivity contribution in [1.82, 2.24) is 5.32 Å². The van der Waals surface area contributed by atoms with E-state index in [9.17, 15) is 0 Å². The molecule has 3 aromatic rings. The van der Waals surface area contributed by atoms with E-state index < -0.39 is 0 Å². The summed E-state index contributed by atoms with van der Waals surface area (Å²) in [6.45, 7) is 3.11. The molecule has 1 N–H and O–H groups in total. The van der Waals surface area contributed by atoms with Crippen molar-refractivity contribution in [2.24, 2.45) is 0 Å². The van der Waals surface area contributed by atoms with Crippen LogP contribution >= 0.6 is 45.9 Å². The summed E-state index contributed by atoms with van der Waals surface area (Å²) in [5.74, 6) is 0. The molecule has 1 nitrogen and oxygen atoms in total. The molecule has 0 aliphatic heterocycles. The smallest absolute Gasteiger partial charge is 0.0995 e. The van der Waals surface area contributed by atoms with E-state index in [4.69, 9.17) is 23.2 Å². The first kappa shape index (κ1) is 15.3. The lowest BCUT2D eigenvalue weighted by Gasteiger charge is -2.16. The fourth-order valence-electron chi connectivity index (χ4n) is 2.35. The Morgan fingerprint density at radius 2 is 1.95 bits per heavy atom. The highest BCUT2D eigenvalue weighted by molar-refractivity contribution is 7.20. The van der Waals surface area contributed by atoms with Gasteiger partial charge in [-0.25, -0.2) is 0 Å². The largest absolute Gasteiger partial charge is 0.306 e. The Kier molecular flexibility index (Phi) is 4.87. The van der Waals surface area contributed by atoms with Crippen LogP contribution in [0.3, 0.4) is 0 Å². The normalized spacial score (nSPS) is 12.9. The fourth-order valence-corrected chi connectivity index (χ4v) is 5.04. The monoisotopic (exact) mass is 355 g/mol. The van der Waals surface area contributed by atoms with Gasteiger partial charge in [0.15, 0.2) is 0 Å². The number of benzene rings is 1. The third-order valence-electron chi connectivity index (χ3n) is 3.32. The number of hydrogen-bond donors (Lipinski definition) is 1. The van der Waals surface area contributed by atoms with Crippen molar-refractivity contribution in [3.63, 3.8) is 0 Å². The number of thiophene rings is 2. The van der Waals surface area contributed by atoms with Crippen LogP contribution in [0.5, 0.6) is 0 Å². The lowest BCUT2D eigenvalue weighted by Crippen LogP contribution is -2.22. The van der Waals surface area contributed by atoms with Gasteiger partial charge in [-0.05, 0) is 36.6 Å². The molecule has 2 heterocycles. The van der Waals surface area contributed by atoms with Crippen molar-refractivity contribution < 1.29 is 0 Å². The van der Waals surface area contributed by atoms with Gasteiger partial charge in [0.05, 0.1) is 14.7 Å². The highest BCUT2D eigenvalue weighted by Crippen LogP contribution is 2.40. The Balaban J connectivity index is 2.04. The van der Waals surface area contributed by atoms with Crippen LogP contribution in [0.4, 0.5) is 0 Å². The van der Waals surface area contributed by atoms with Gasteiger partial charge in [-0.2, -0.15) is 0 Å². The predicted molar refractivity (Wildman–Crippen MR) is 96.3 cm³/mol. The third kappa shape index (κ3) is 3.27. The molecular formula is C16H15Cl2NS2. The summed E-state index contributed by atoms with van der Waals surface area (Å²) in [6.07, 6.45) is 1.08. The van der Waals surface area contributed by atoms with Gasteiger partial charge in [-0.15, -0.1) is 22.7 Å². The van der Waals surface area contributed by atoms with Crippen LogP contribution in [0, 0.1) is 0 Å². The minimum absolute atomic E-state index is 0.110. The molecule has 110 valence electrons. The number of nitrogens with one attached hydrogen (secondary N) is 1. The van der Waals surface area contributed by atoms with E-state index in [1.54, 1.807) is 0 Å². The molecule has 1 aromatic carbocycles. The first-order valence-corrected chi connectivity index (χ1v) is 9.24. The van der Waals surface area contributed by atoms with Gasteiger partial charge in [-0.3, -0.25) is 0 Å². The average molecular weight is 356 g/mol. The van der Waals surface area contributed by atoms with Gasteiger partial charge in [0, 0.05) is 15.1 Å². The molecule has 0 amide bonds. The van der Waals surface area contributed by atoms with Crippen LogP contribution in [0.25, 0.3) is 10.1 Å². The molecule has 0 saturated heterocycles. The van der Waals surface area contributed by atoms with Gasteiger partial charge < -0.3 is 5.32 Å². The predicted octanol–water partition coefficient (Wildman–Crippen LogP) is 6.36. The summed E-state index contributed by atoms with van der Waals surface area (Å²) in [6, 6.07) is 12.8. The molecule has 1 atom stereocenters. The molecule has 0 fully saturated rings. The SMILES string of the molecule is CCCNC(c1cc2ccccc2s1)c1cc(Cl)sc1Cl. The first-order valence-electron chi connectivity index (χ1n) is 6.85. The molecule has 0 spiro atoms. The highest BCUT2D eigenvalue weighted by Gasteiger charge is 2.21. The standard InChI is InChI=1S/C16H15Cl2NS2/c1-2-7-19-15(11-9-14(17)21-16(11)18)13-8-10-5-3-4-6-12(10)20-13/h3-6,8-9,15,19H,2,7H2,1H3. The summed E-state index contributed by atoms with van der Waals surface area (Å²) >= 11 is 15.7. The number of hydrogen-bond acceptors (Lipinski definition) is 3. The molecule has 3 rings (SSSR count). The van der Waals surface area contributed by atoms with Crippen LogP contribution in [0.15, 0.2) is 36.4 Å². The fraction of sp³-hybridized carbons (Fsp3) is 0.250. The third-order valence-corrected chi connectivity index (χ3v) is 6.02. The van der Waals surface area contributed by atoms with E-state index >= 15 is 0 Å². The Hall–Kier alpha value is -0.580. The summed E-state index contributed by atoms with van der Waals surface area (Å²) in [5, 5.41) is 4.87. The molecule has 2 aromatic heterocycles. The lowest BCUT2D eigenvalue weighted by molar-refractivity contribution is 0.607. The highest BCUT2D eigenvalue weighted by atomic mass is 35.5. The summed E-state index contributed by atoms with van der Waals surface area (Å²) in [7, 11) is 0. The summed E-state index contributed by atoms with van der Waals surface area (Å²) in [5.41, 5.74) is 1.08. The summed E-state index contributed by atoms with van der Waals surface area (Å²) < 4.78 is 2.80. The Bertz CT molecular complexity index is 715. The Labute approximate surface area is 142 Å². The average Bonchev–Trinajstić information content (AvgIpc) is 3.03. The zero-order valence-corrected chi connectivity index (χ0v) is 14.7. The van der Waals surface area contributed by atoms with Gasteiger partial charge in [0.1, 0.15) is 0 Å².